The summed E-state index contributed by atoms with van der Waals surface area (Å²) in [5, 5.41) is 13.0. The molecule has 1 aliphatic heterocycles. The van der Waals surface area contributed by atoms with Crippen molar-refractivity contribution in [2.75, 3.05) is 6.54 Å². The number of likely N-dealkylation sites (tertiary alicyclic amines) is 1. The minimum atomic E-state index is -0.271. The Bertz CT molecular complexity index is 457. The number of nitriles is 1. The van der Waals surface area contributed by atoms with Gasteiger partial charge in [0.25, 0.3) is 5.91 Å². The van der Waals surface area contributed by atoms with Crippen LogP contribution in [0.2, 0.25) is 0 Å². The molecule has 0 N–H and O–H groups in total. The molecule has 2 heterocycles. The molecular formula is C11H14N4O. The van der Waals surface area contributed by atoms with Crippen LogP contribution in [0, 0.1) is 18.3 Å². The van der Waals surface area contributed by atoms with Gasteiger partial charge in [0.15, 0.2) is 0 Å². The van der Waals surface area contributed by atoms with Gasteiger partial charge in [-0.05, 0) is 19.8 Å². The number of aryl methyl sites for hydroxylation is 1. The number of hydrogen-bond acceptors (Lipinski definition) is 3. The second-order valence-corrected chi connectivity index (χ2v) is 4.05. The lowest BCUT2D eigenvalue weighted by Crippen LogP contribution is -2.34. The molecule has 16 heavy (non-hydrogen) atoms. The van der Waals surface area contributed by atoms with E-state index in [1.165, 1.54) is 0 Å². The summed E-state index contributed by atoms with van der Waals surface area (Å²) in [6, 6.07) is 1.90. The van der Waals surface area contributed by atoms with E-state index >= 15 is 0 Å². The summed E-state index contributed by atoms with van der Waals surface area (Å²) >= 11 is 0. The molecule has 1 aromatic heterocycles. The van der Waals surface area contributed by atoms with E-state index in [-0.39, 0.29) is 11.9 Å². The Morgan fingerprint density at radius 2 is 2.44 bits per heavy atom. The smallest absolute Gasteiger partial charge is 0.258 e. The molecule has 0 aromatic carbocycles. The summed E-state index contributed by atoms with van der Waals surface area (Å²) in [6.07, 6.45) is 3.26. The summed E-state index contributed by atoms with van der Waals surface area (Å²) in [4.78, 5) is 13.8. The maximum atomic E-state index is 12.2. The van der Waals surface area contributed by atoms with E-state index in [1.54, 1.807) is 22.8 Å². The van der Waals surface area contributed by atoms with Gasteiger partial charge in [0.2, 0.25) is 0 Å². The lowest BCUT2D eigenvalue weighted by molar-refractivity contribution is 0.0764. The highest BCUT2D eigenvalue weighted by Crippen LogP contribution is 2.20. The van der Waals surface area contributed by atoms with Crippen LogP contribution in [0.15, 0.2) is 6.20 Å². The fourth-order valence-electron chi connectivity index (χ4n) is 2.01. The molecule has 1 atom stereocenters. The largest absolute Gasteiger partial charge is 0.323 e. The zero-order valence-corrected chi connectivity index (χ0v) is 9.47. The van der Waals surface area contributed by atoms with E-state index in [2.05, 4.69) is 11.2 Å². The molecule has 5 heteroatoms. The predicted molar refractivity (Wildman–Crippen MR) is 57.6 cm³/mol. The van der Waals surface area contributed by atoms with Gasteiger partial charge in [0, 0.05) is 19.3 Å². The Morgan fingerprint density at radius 3 is 3.00 bits per heavy atom. The van der Waals surface area contributed by atoms with Crippen LogP contribution in [0.3, 0.4) is 0 Å². The van der Waals surface area contributed by atoms with Crippen LogP contribution >= 0.6 is 0 Å². The molecule has 84 valence electrons. The van der Waals surface area contributed by atoms with Crippen molar-refractivity contribution in [3.63, 3.8) is 0 Å². The van der Waals surface area contributed by atoms with Crippen molar-refractivity contribution in [2.45, 2.75) is 25.8 Å². The predicted octanol–water partition coefficient (Wildman–Crippen LogP) is 0.857. The van der Waals surface area contributed by atoms with Crippen molar-refractivity contribution in [1.82, 2.24) is 14.7 Å². The number of rotatable bonds is 1. The fourth-order valence-corrected chi connectivity index (χ4v) is 2.01. The summed E-state index contributed by atoms with van der Waals surface area (Å²) < 4.78 is 1.67. The van der Waals surface area contributed by atoms with E-state index in [1.807, 2.05) is 6.92 Å². The second-order valence-electron chi connectivity index (χ2n) is 4.05. The Balaban J connectivity index is 2.26. The van der Waals surface area contributed by atoms with Gasteiger partial charge in [0.1, 0.15) is 6.04 Å². The van der Waals surface area contributed by atoms with E-state index < -0.39 is 0 Å². The zero-order chi connectivity index (χ0) is 11.7. The molecule has 0 spiro atoms. The molecule has 0 saturated carbocycles. The quantitative estimate of drug-likeness (QED) is 0.702. The number of nitrogens with zero attached hydrogens (tertiary/aromatic N) is 4. The van der Waals surface area contributed by atoms with Crippen molar-refractivity contribution in [1.29, 1.82) is 5.26 Å². The van der Waals surface area contributed by atoms with Crippen LogP contribution in [-0.4, -0.2) is 33.2 Å². The summed E-state index contributed by atoms with van der Waals surface area (Å²) in [7, 11) is 1.80. The molecule has 5 nitrogen and oxygen atoms in total. The number of carbonyl (C=O) groups excluding carboxylic acids is 1. The number of aromatic nitrogens is 2. The Labute approximate surface area is 94.3 Å². The molecule has 1 amide bonds. The summed E-state index contributed by atoms with van der Waals surface area (Å²) in [5.41, 5.74) is 1.44. The van der Waals surface area contributed by atoms with Crippen molar-refractivity contribution >= 4 is 5.91 Å². The average molecular weight is 218 g/mol. The minimum absolute atomic E-state index is 0.0744. The van der Waals surface area contributed by atoms with Crippen LogP contribution in [0.4, 0.5) is 0 Å². The van der Waals surface area contributed by atoms with Gasteiger partial charge in [0.05, 0.1) is 17.8 Å². The Kier molecular flexibility index (Phi) is 2.65. The van der Waals surface area contributed by atoms with Gasteiger partial charge in [-0.3, -0.25) is 9.48 Å². The second kappa shape index (κ2) is 3.97. The SMILES string of the molecule is Cc1c(C(=O)N2CCCC2C#N)cnn1C. The zero-order valence-electron chi connectivity index (χ0n) is 9.47. The van der Waals surface area contributed by atoms with E-state index in [4.69, 9.17) is 5.26 Å². The van der Waals surface area contributed by atoms with Gasteiger partial charge in [-0.15, -0.1) is 0 Å². The third-order valence-corrected chi connectivity index (χ3v) is 3.13. The molecule has 0 aliphatic carbocycles. The van der Waals surface area contributed by atoms with Crippen LogP contribution in [0.1, 0.15) is 28.9 Å². The molecule has 1 aliphatic rings. The topological polar surface area (TPSA) is 61.9 Å². The number of amides is 1. The summed E-state index contributed by atoms with van der Waals surface area (Å²) in [5.74, 6) is -0.0744. The first-order chi connectivity index (χ1) is 7.65. The molecular weight excluding hydrogens is 204 g/mol. The number of carbonyl (C=O) groups is 1. The van der Waals surface area contributed by atoms with Crippen LogP contribution in [0.25, 0.3) is 0 Å². The van der Waals surface area contributed by atoms with Crippen molar-refractivity contribution in [2.24, 2.45) is 7.05 Å². The summed E-state index contributed by atoms with van der Waals surface area (Å²) in [6.45, 7) is 2.53. The first-order valence-corrected chi connectivity index (χ1v) is 5.34. The van der Waals surface area contributed by atoms with Crippen LogP contribution in [-0.2, 0) is 7.05 Å². The third-order valence-electron chi connectivity index (χ3n) is 3.13. The van der Waals surface area contributed by atoms with Crippen molar-refractivity contribution in [3.05, 3.63) is 17.5 Å². The highest BCUT2D eigenvalue weighted by atomic mass is 16.2. The Morgan fingerprint density at radius 1 is 1.69 bits per heavy atom. The molecule has 1 unspecified atom stereocenters. The normalized spacial score (nSPS) is 19.8. The van der Waals surface area contributed by atoms with Crippen LogP contribution < -0.4 is 0 Å². The van der Waals surface area contributed by atoms with E-state index in [0.717, 1.165) is 18.5 Å². The molecule has 0 bridgehead atoms. The highest BCUT2D eigenvalue weighted by Gasteiger charge is 2.30. The first-order valence-electron chi connectivity index (χ1n) is 5.34. The van der Waals surface area contributed by atoms with Gasteiger partial charge >= 0.3 is 0 Å². The monoisotopic (exact) mass is 218 g/mol. The third kappa shape index (κ3) is 1.56. The van der Waals surface area contributed by atoms with Crippen LogP contribution in [0.5, 0.6) is 0 Å². The molecule has 2 rings (SSSR count). The van der Waals surface area contributed by atoms with Gasteiger partial charge in [-0.25, -0.2) is 0 Å². The average Bonchev–Trinajstić information content (AvgIpc) is 2.86. The Hall–Kier alpha value is -1.83. The van der Waals surface area contributed by atoms with Gasteiger partial charge in [-0.2, -0.15) is 10.4 Å². The van der Waals surface area contributed by atoms with E-state index in [9.17, 15) is 4.79 Å². The molecule has 1 fully saturated rings. The maximum Gasteiger partial charge on any atom is 0.258 e. The molecule has 0 radical (unpaired) electrons. The maximum absolute atomic E-state index is 12.2. The van der Waals surface area contributed by atoms with Gasteiger partial charge < -0.3 is 4.90 Å². The number of hydrogen-bond donors (Lipinski definition) is 0. The standard InChI is InChI=1S/C11H14N4O/c1-8-10(7-13-14(8)2)11(16)15-5-3-4-9(15)6-12/h7,9H,3-5H2,1-2H3. The van der Waals surface area contributed by atoms with Crippen molar-refractivity contribution in [3.8, 4) is 6.07 Å². The highest BCUT2D eigenvalue weighted by molar-refractivity contribution is 5.95. The minimum Gasteiger partial charge on any atom is -0.323 e. The van der Waals surface area contributed by atoms with Gasteiger partial charge in [-0.1, -0.05) is 0 Å². The first kappa shape index (κ1) is 10.7. The lowest BCUT2D eigenvalue weighted by Gasteiger charge is -2.18. The lowest BCUT2D eigenvalue weighted by atomic mass is 10.2. The van der Waals surface area contributed by atoms with Crippen molar-refractivity contribution < 1.29 is 4.79 Å². The fraction of sp³-hybridized carbons (Fsp3) is 0.545. The molecule has 1 aromatic rings. The van der Waals surface area contributed by atoms with E-state index in [0.29, 0.717) is 12.1 Å². The molecule has 1 saturated heterocycles.